The number of aromatic nitrogens is 2. The van der Waals surface area contributed by atoms with Crippen LogP contribution in [0.3, 0.4) is 0 Å². The first-order chi connectivity index (χ1) is 21.3. The van der Waals surface area contributed by atoms with E-state index in [0.29, 0.717) is 21.1 Å². The van der Waals surface area contributed by atoms with Gasteiger partial charge in [-0.1, -0.05) is 11.6 Å². The highest BCUT2D eigenvalue weighted by Crippen LogP contribution is 2.54. The molecule has 1 fully saturated rings. The topological polar surface area (TPSA) is 137 Å². The van der Waals surface area contributed by atoms with Gasteiger partial charge in [0.15, 0.2) is 11.4 Å². The number of primary amides is 1. The number of nitrogens with zero attached hydrogens (tertiary/aromatic N) is 2. The molecule has 9 nitrogen and oxygen atoms in total. The number of hydrogen-bond donors (Lipinski definition) is 3. The first-order valence-electron chi connectivity index (χ1n) is 13.7. The van der Waals surface area contributed by atoms with Crippen molar-refractivity contribution in [3.63, 3.8) is 0 Å². The Kier molecular flexibility index (Phi) is 8.98. The van der Waals surface area contributed by atoms with Crippen LogP contribution in [0.1, 0.15) is 41.4 Å². The molecule has 1 atom stereocenters. The lowest BCUT2D eigenvalue weighted by molar-refractivity contribution is -0.117. The van der Waals surface area contributed by atoms with Gasteiger partial charge in [-0.15, -0.1) is 0 Å². The minimum absolute atomic E-state index is 0.0466. The third kappa shape index (κ3) is 6.16. The van der Waals surface area contributed by atoms with Crippen LogP contribution in [0.2, 0.25) is 5.02 Å². The monoisotopic (exact) mass is 706 g/mol. The maximum atomic E-state index is 16.1. The number of pyridine rings is 2. The zero-order valence-corrected chi connectivity index (χ0v) is 26.4. The summed E-state index contributed by atoms with van der Waals surface area (Å²) in [6, 6.07) is 7.96. The van der Waals surface area contributed by atoms with Gasteiger partial charge in [-0.3, -0.25) is 14.6 Å². The van der Waals surface area contributed by atoms with Gasteiger partial charge in [0.25, 0.3) is 5.91 Å². The van der Waals surface area contributed by atoms with E-state index in [1.165, 1.54) is 19.2 Å². The van der Waals surface area contributed by atoms with Crippen LogP contribution in [0.25, 0.3) is 22.2 Å². The van der Waals surface area contributed by atoms with Gasteiger partial charge < -0.3 is 25.6 Å². The predicted octanol–water partition coefficient (Wildman–Crippen LogP) is 5.55. The second-order valence-corrected chi connectivity index (χ2v) is 11.8. The van der Waals surface area contributed by atoms with Gasteiger partial charge >= 0.3 is 0 Å². The molecule has 0 spiro atoms. The third-order valence-electron chi connectivity index (χ3n) is 7.55. The van der Waals surface area contributed by atoms with E-state index >= 15 is 8.78 Å². The van der Waals surface area contributed by atoms with E-state index < -0.39 is 52.7 Å². The molecule has 0 aliphatic heterocycles. The second-order valence-electron chi connectivity index (χ2n) is 10.6. The number of fused-ring (bicyclic) bond motifs is 1. The van der Waals surface area contributed by atoms with Crippen molar-refractivity contribution in [2.75, 3.05) is 20.3 Å². The minimum atomic E-state index is -2.46. The summed E-state index contributed by atoms with van der Waals surface area (Å²) in [5, 5.41) is 14.3. The van der Waals surface area contributed by atoms with Crippen molar-refractivity contribution in [2.24, 2.45) is 5.73 Å². The van der Waals surface area contributed by atoms with Crippen molar-refractivity contribution in [3.05, 3.63) is 80.5 Å². The van der Waals surface area contributed by atoms with Gasteiger partial charge in [0.2, 0.25) is 5.91 Å². The number of hydrogen-bond acceptors (Lipinski definition) is 7. The van der Waals surface area contributed by atoms with Crippen molar-refractivity contribution in [1.82, 2.24) is 15.3 Å². The van der Waals surface area contributed by atoms with Crippen molar-refractivity contribution in [3.8, 4) is 22.8 Å². The van der Waals surface area contributed by atoms with Crippen LogP contribution < -0.4 is 20.5 Å². The van der Waals surface area contributed by atoms with Gasteiger partial charge in [-0.2, -0.15) is 0 Å². The SMILES string of the molecule is CCOc1c(CC(N)=O)cc([C@@](O)(CNC(=O)c2cc(OC)c3ncc(Br)cc3c2)C2(F)CC2)nc1-c1ccc(F)c(Cl)c1F. The van der Waals surface area contributed by atoms with Crippen LogP contribution in [-0.4, -0.2) is 52.8 Å². The molecule has 4 N–H and O–H groups in total. The summed E-state index contributed by atoms with van der Waals surface area (Å²) in [4.78, 5) is 34.1. The Morgan fingerprint density at radius 3 is 2.60 bits per heavy atom. The van der Waals surface area contributed by atoms with E-state index in [1.807, 2.05) is 0 Å². The number of alkyl halides is 1. The number of carbonyl (C=O) groups excluding carboxylic acids is 2. The highest BCUT2D eigenvalue weighted by molar-refractivity contribution is 9.10. The Labute approximate surface area is 269 Å². The van der Waals surface area contributed by atoms with Crippen molar-refractivity contribution in [2.45, 2.75) is 37.5 Å². The second kappa shape index (κ2) is 12.5. The Hall–Kier alpha value is -3.94. The minimum Gasteiger partial charge on any atom is -0.494 e. The van der Waals surface area contributed by atoms with Crippen molar-refractivity contribution >= 4 is 50.2 Å². The molecule has 2 aromatic heterocycles. The smallest absolute Gasteiger partial charge is 0.251 e. The molecule has 0 radical (unpaired) electrons. The molecule has 14 heteroatoms. The number of amides is 2. The van der Waals surface area contributed by atoms with E-state index in [1.54, 1.807) is 25.3 Å². The highest BCUT2D eigenvalue weighted by atomic mass is 79.9. The molecule has 2 heterocycles. The van der Waals surface area contributed by atoms with Crippen LogP contribution >= 0.6 is 27.5 Å². The first kappa shape index (κ1) is 32.5. The first-order valence-corrected chi connectivity index (χ1v) is 14.9. The lowest BCUT2D eigenvalue weighted by Gasteiger charge is -2.33. The zero-order valence-electron chi connectivity index (χ0n) is 24.0. The van der Waals surface area contributed by atoms with Gasteiger partial charge in [-0.25, -0.2) is 18.2 Å². The number of rotatable bonds is 11. The molecule has 2 aromatic carbocycles. The van der Waals surface area contributed by atoms with Crippen LogP contribution in [0, 0.1) is 11.6 Å². The van der Waals surface area contributed by atoms with Gasteiger partial charge in [0, 0.05) is 32.7 Å². The summed E-state index contributed by atoms with van der Waals surface area (Å²) in [7, 11) is 1.43. The quantitative estimate of drug-likeness (QED) is 0.174. The summed E-state index contributed by atoms with van der Waals surface area (Å²) in [5.74, 6) is -3.45. The van der Waals surface area contributed by atoms with Crippen molar-refractivity contribution < 1.29 is 37.3 Å². The molecule has 0 unspecified atom stereocenters. The molecule has 2 amide bonds. The molecule has 1 aliphatic carbocycles. The third-order valence-corrected chi connectivity index (χ3v) is 8.33. The number of nitrogens with two attached hydrogens (primary N) is 1. The zero-order chi connectivity index (χ0) is 32.7. The van der Waals surface area contributed by atoms with E-state index in [4.69, 9.17) is 26.8 Å². The number of halogens is 5. The molecule has 1 saturated carbocycles. The molecule has 236 valence electrons. The molecule has 0 bridgehead atoms. The lowest BCUT2D eigenvalue weighted by atomic mass is 9.88. The molecular formula is C31H27BrClF3N4O5. The Morgan fingerprint density at radius 1 is 1.22 bits per heavy atom. The molecule has 1 aliphatic rings. The normalized spacial score (nSPS) is 14.9. The molecule has 0 saturated heterocycles. The lowest BCUT2D eigenvalue weighted by Crippen LogP contribution is -2.49. The Bertz CT molecular complexity index is 1840. The highest BCUT2D eigenvalue weighted by Gasteiger charge is 2.62. The van der Waals surface area contributed by atoms with Gasteiger partial charge in [0.05, 0.1) is 32.4 Å². The molecule has 4 aromatic rings. The van der Waals surface area contributed by atoms with Crippen LogP contribution in [0.4, 0.5) is 13.2 Å². The van der Waals surface area contributed by atoms with E-state index in [0.717, 1.165) is 12.1 Å². The number of aliphatic hydroxyl groups is 1. The van der Waals surface area contributed by atoms with Crippen LogP contribution in [0.15, 0.2) is 47.1 Å². The van der Waals surface area contributed by atoms with E-state index in [9.17, 15) is 19.1 Å². The standard InChI is InChI=1S/C31H27BrClF3N4O5/c1-3-45-28-16(12-23(37)41)11-22(40-27(28)19-4-5-20(34)24(33)25(19)35)31(43,30(36)6-7-30)14-39-29(42)17-8-15-9-18(32)13-38-26(15)21(10-17)44-2/h4-5,8-11,13,43H,3,6-7,12,14H2,1-2H3,(H2,37,41)(H,39,42)/t31-/m0/s1. The maximum absolute atomic E-state index is 16.1. The number of nitrogens with one attached hydrogen (secondary N) is 1. The van der Waals surface area contributed by atoms with Gasteiger partial charge in [-0.05, 0) is 72.1 Å². The summed E-state index contributed by atoms with van der Waals surface area (Å²) in [6.45, 7) is 1.01. The van der Waals surface area contributed by atoms with E-state index in [2.05, 4.69) is 31.2 Å². The maximum Gasteiger partial charge on any atom is 0.251 e. The van der Waals surface area contributed by atoms with Crippen molar-refractivity contribution in [1.29, 1.82) is 0 Å². The Balaban J connectivity index is 1.61. The number of carbonyl (C=O) groups is 2. The Morgan fingerprint density at radius 2 is 1.96 bits per heavy atom. The van der Waals surface area contributed by atoms with Crippen LogP contribution in [-0.2, 0) is 16.8 Å². The fraction of sp³-hybridized carbons (Fsp3) is 0.290. The summed E-state index contributed by atoms with van der Waals surface area (Å²) >= 11 is 9.19. The van der Waals surface area contributed by atoms with Crippen LogP contribution in [0.5, 0.6) is 11.5 Å². The predicted molar refractivity (Wildman–Crippen MR) is 164 cm³/mol. The fourth-order valence-electron chi connectivity index (χ4n) is 5.10. The number of benzene rings is 2. The molecule has 45 heavy (non-hydrogen) atoms. The summed E-state index contributed by atoms with van der Waals surface area (Å²) in [6.07, 6.45) is 0.984. The number of ether oxygens (including phenoxy) is 2. The fourth-order valence-corrected chi connectivity index (χ4v) is 5.62. The average molecular weight is 708 g/mol. The number of methoxy groups -OCH3 is 1. The summed E-state index contributed by atoms with van der Waals surface area (Å²) < 4.78 is 57.2. The van der Waals surface area contributed by atoms with E-state index in [-0.39, 0.29) is 53.3 Å². The molecular weight excluding hydrogens is 681 g/mol. The average Bonchev–Trinajstić information content (AvgIpc) is 3.77. The van der Waals surface area contributed by atoms with Gasteiger partial charge in [0.1, 0.15) is 39.2 Å². The molecule has 5 rings (SSSR count). The largest absolute Gasteiger partial charge is 0.494 e. The summed E-state index contributed by atoms with van der Waals surface area (Å²) in [5.41, 5.74) is 0.570.